The Morgan fingerprint density at radius 2 is 2.17 bits per heavy atom. The zero-order valence-electron chi connectivity index (χ0n) is 6.49. The summed E-state index contributed by atoms with van der Waals surface area (Å²) in [5, 5.41) is 0. The Bertz CT molecular complexity index is 263. The third-order valence-corrected chi connectivity index (χ3v) is 2.63. The summed E-state index contributed by atoms with van der Waals surface area (Å²) in [5.41, 5.74) is 0.982. The van der Waals surface area contributed by atoms with Gasteiger partial charge in [0.15, 0.2) is 0 Å². The molecule has 0 bridgehead atoms. The Morgan fingerprint density at radius 3 is 2.83 bits per heavy atom. The van der Waals surface area contributed by atoms with Crippen molar-refractivity contribution < 1.29 is 4.39 Å². The van der Waals surface area contributed by atoms with E-state index in [9.17, 15) is 4.39 Å². The van der Waals surface area contributed by atoms with Gasteiger partial charge in [-0.1, -0.05) is 15.9 Å². The fraction of sp³-hybridized carbons (Fsp3) is 0.333. The zero-order valence-corrected chi connectivity index (χ0v) is 8.83. The lowest BCUT2D eigenvalue weighted by atomic mass is 10.1. The standard InChI is InChI=1S/C9H9BrClF/c10-9-4-3-8(12)6-7(9)2-1-5-11/h3-4,6H,1-2,5H2. The van der Waals surface area contributed by atoms with E-state index in [0.29, 0.717) is 5.88 Å². The molecule has 1 aromatic rings. The van der Waals surface area contributed by atoms with E-state index in [-0.39, 0.29) is 5.82 Å². The van der Waals surface area contributed by atoms with Gasteiger partial charge < -0.3 is 0 Å². The fourth-order valence-corrected chi connectivity index (χ4v) is 1.57. The molecule has 0 atom stereocenters. The number of alkyl halides is 1. The average molecular weight is 252 g/mol. The van der Waals surface area contributed by atoms with Crippen LogP contribution in [0.4, 0.5) is 4.39 Å². The average Bonchev–Trinajstić information content (AvgIpc) is 2.07. The molecule has 0 nitrogen and oxygen atoms in total. The Hall–Kier alpha value is -0.0800. The van der Waals surface area contributed by atoms with Gasteiger partial charge in [-0.25, -0.2) is 4.39 Å². The van der Waals surface area contributed by atoms with Gasteiger partial charge in [-0.3, -0.25) is 0 Å². The Labute approximate surface area is 84.9 Å². The maximum Gasteiger partial charge on any atom is 0.123 e. The predicted molar refractivity (Wildman–Crippen MR) is 53.1 cm³/mol. The second kappa shape index (κ2) is 4.83. The van der Waals surface area contributed by atoms with E-state index < -0.39 is 0 Å². The van der Waals surface area contributed by atoms with Crippen molar-refractivity contribution in [1.82, 2.24) is 0 Å². The van der Waals surface area contributed by atoms with E-state index >= 15 is 0 Å². The van der Waals surface area contributed by atoms with Crippen LogP contribution in [-0.2, 0) is 6.42 Å². The molecule has 0 amide bonds. The number of halogens is 3. The zero-order chi connectivity index (χ0) is 8.97. The molecule has 0 saturated carbocycles. The lowest BCUT2D eigenvalue weighted by Crippen LogP contribution is -1.89. The third kappa shape index (κ3) is 2.76. The quantitative estimate of drug-likeness (QED) is 0.718. The van der Waals surface area contributed by atoms with Crippen molar-refractivity contribution in [2.45, 2.75) is 12.8 Å². The van der Waals surface area contributed by atoms with E-state index in [0.717, 1.165) is 22.9 Å². The van der Waals surface area contributed by atoms with E-state index in [1.54, 1.807) is 6.07 Å². The van der Waals surface area contributed by atoms with Crippen LogP contribution in [-0.4, -0.2) is 5.88 Å². The van der Waals surface area contributed by atoms with Gasteiger partial charge in [-0.15, -0.1) is 11.6 Å². The first-order chi connectivity index (χ1) is 5.74. The van der Waals surface area contributed by atoms with Crippen LogP contribution in [0.15, 0.2) is 22.7 Å². The van der Waals surface area contributed by atoms with Crippen molar-refractivity contribution in [3.05, 3.63) is 34.1 Å². The number of rotatable bonds is 3. The minimum Gasteiger partial charge on any atom is -0.207 e. The van der Waals surface area contributed by atoms with Crippen molar-refractivity contribution >= 4 is 27.5 Å². The maximum atomic E-state index is 12.7. The van der Waals surface area contributed by atoms with Crippen LogP contribution < -0.4 is 0 Å². The summed E-state index contributed by atoms with van der Waals surface area (Å²) in [7, 11) is 0. The Kier molecular flexibility index (Phi) is 4.02. The van der Waals surface area contributed by atoms with Gasteiger partial charge in [-0.05, 0) is 36.6 Å². The number of aryl methyl sites for hydroxylation is 1. The van der Waals surface area contributed by atoms with Crippen LogP contribution >= 0.6 is 27.5 Å². The molecule has 66 valence electrons. The highest BCUT2D eigenvalue weighted by Gasteiger charge is 2.00. The van der Waals surface area contributed by atoms with E-state index in [2.05, 4.69) is 15.9 Å². The minimum absolute atomic E-state index is 0.192. The molecule has 3 heteroatoms. The lowest BCUT2D eigenvalue weighted by Gasteiger charge is -2.02. The summed E-state index contributed by atoms with van der Waals surface area (Å²) >= 11 is 8.89. The molecule has 0 fully saturated rings. The van der Waals surface area contributed by atoms with E-state index in [4.69, 9.17) is 11.6 Å². The molecule has 0 aromatic heterocycles. The number of benzene rings is 1. The van der Waals surface area contributed by atoms with Crippen LogP contribution in [0.2, 0.25) is 0 Å². The molecule has 0 aliphatic rings. The Morgan fingerprint density at radius 1 is 1.42 bits per heavy atom. The maximum absolute atomic E-state index is 12.7. The van der Waals surface area contributed by atoms with Crippen molar-refractivity contribution in [3.8, 4) is 0 Å². The summed E-state index contributed by atoms with van der Waals surface area (Å²) in [5.74, 6) is 0.422. The highest BCUT2D eigenvalue weighted by Crippen LogP contribution is 2.19. The van der Waals surface area contributed by atoms with Crippen LogP contribution in [0.3, 0.4) is 0 Å². The number of hydrogen-bond acceptors (Lipinski definition) is 0. The van der Waals surface area contributed by atoms with E-state index in [1.807, 2.05) is 0 Å². The van der Waals surface area contributed by atoms with Gasteiger partial charge in [0.25, 0.3) is 0 Å². The predicted octanol–water partition coefficient (Wildman–Crippen LogP) is 3.76. The van der Waals surface area contributed by atoms with Gasteiger partial charge >= 0.3 is 0 Å². The van der Waals surface area contributed by atoms with Crippen LogP contribution in [0.5, 0.6) is 0 Å². The van der Waals surface area contributed by atoms with Gasteiger partial charge in [-0.2, -0.15) is 0 Å². The molecule has 0 radical (unpaired) electrons. The SMILES string of the molecule is Fc1ccc(Br)c(CCCCl)c1. The van der Waals surface area contributed by atoms with Crippen LogP contribution in [0.1, 0.15) is 12.0 Å². The molecular weight excluding hydrogens is 242 g/mol. The molecule has 1 rings (SSSR count). The second-order valence-electron chi connectivity index (χ2n) is 2.53. The first-order valence-electron chi connectivity index (χ1n) is 3.74. The van der Waals surface area contributed by atoms with Crippen molar-refractivity contribution in [2.75, 3.05) is 5.88 Å². The lowest BCUT2D eigenvalue weighted by molar-refractivity contribution is 0.624. The first-order valence-corrected chi connectivity index (χ1v) is 5.06. The molecule has 0 aliphatic heterocycles. The second-order valence-corrected chi connectivity index (χ2v) is 3.76. The van der Waals surface area contributed by atoms with Crippen LogP contribution in [0.25, 0.3) is 0 Å². The molecule has 0 spiro atoms. The van der Waals surface area contributed by atoms with Crippen LogP contribution in [0, 0.1) is 5.82 Å². The highest BCUT2D eigenvalue weighted by atomic mass is 79.9. The topological polar surface area (TPSA) is 0 Å². The molecule has 0 saturated heterocycles. The molecule has 0 unspecified atom stereocenters. The summed E-state index contributed by atoms with van der Waals surface area (Å²) in [4.78, 5) is 0. The number of hydrogen-bond donors (Lipinski definition) is 0. The van der Waals surface area contributed by atoms with Crippen molar-refractivity contribution in [1.29, 1.82) is 0 Å². The molecule has 12 heavy (non-hydrogen) atoms. The van der Waals surface area contributed by atoms with Gasteiger partial charge in [0.2, 0.25) is 0 Å². The van der Waals surface area contributed by atoms with E-state index in [1.165, 1.54) is 12.1 Å². The molecule has 0 N–H and O–H groups in total. The summed E-state index contributed by atoms with van der Waals surface area (Å²) in [6.07, 6.45) is 1.70. The summed E-state index contributed by atoms with van der Waals surface area (Å²) < 4.78 is 13.7. The van der Waals surface area contributed by atoms with Crippen molar-refractivity contribution in [3.63, 3.8) is 0 Å². The Balaban J connectivity index is 2.75. The monoisotopic (exact) mass is 250 g/mol. The molecular formula is C9H9BrClF. The van der Waals surface area contributed by atoms with Gasteiger partial charge in [0.05, 0.1) is 0 Å². The largest absolute Gasteiger partial charge is 0.207 e. The fourth-order valence-electron chi connectivity index (χ4n) is 0.992. The third-order valence-electron chi connectivity index (χ3n) is 1.59. The van der Waals surface area contributed by atoms with Gasteiger partial charge in [0, 0.05) is 10.4 Å². The molecule has 1 aromatic carbocycles. The normalized spacial score (nSPS) is 10.2. The summed E-state index contributed by atoms with van der Waals surface area (Å²) in [6.45, 7) is 0. The summed E-state index contributed by atoms with van der Waals surface area (Å²) in [6, 6.07) is 4.70. The van der Waals surface area contributed by atoms with Crippen molar-refractivity contribution in [2.24, 2.45) is 0 Å². The highest BCUT2D eigenvalue weighted by molar-refractivity contribution is 9.10. The first kappa shape index (κ1) is 10.0. The molecule has 0 heterocycles. The molecule has 0 aliphatic carbocycles. The smallest absolute Gasteiger partial charge is 0.123 e. The minimum atomic E-state index is -0.192. The van der Waals surface area contributed by atoms with Gasteiger partial charge in [0.1, 0.15) is 5.82 Å².